The second kappa shape index (κ2) is 7.47. The van der Waals surface area contributed by atoms with E-state index in [2.05, 4.69) is 5.32 Å². The summed E-state index contributed by atoms with van der Waals surface area (Å²) < 4.78 is 25.1. The third-order valence-electron chi connectivity index (χ3n) is 4.26. The smallest absolute Gasteiger partial charge is 0.224 e. The highest BCUT2D eigenvalue weighted by Crippen LogP contribution is 2.32. The Morgan fingerprint density at radius 3 is 2.57 bits per heavy atom. The number of carbonyl (C=O) groups excluding carboxylic acids is 1. The van der Waals surface area contributed by atoms with Crippen molar-refractivity contribution in [2.45, 2.75) is 30.6 Å². The molecule has 0 heterocycles. The predicted octanol–water partition coefficient (Wildman–Crippen LogP) is 1.49. The minimum atomic E-state index is -3.46. The third kappa shape index (κ3) is 4.45. The van der Waals surface area contributed by atoms with Gasteiger partial charge in [0, 0.05) is 11.6 Å². The summed E-state index contributed by atoms with van der Waals surface area (Å²) in [7, 11) is -3.46. The fourth-order valence-corrected chi connectivity index (χ4v) is 4.77. The number of nitriles is 1. The molecule has 0 aliphatic heterocycles. The van der Waals surface area contributed by atoms with E-state index in [4.69, 9.17) is 11.0 Å². The van der Waals surface area contributed by atoms with Crippen LogP contribution in [0.5, 0.6) is 0 Å². The highest BCUT2D eigenvalue weighted by Gasteiger charge is 2.34. The van der Waals surface area contributed by atoms with Crippen molar-refractivity contribution in [2.75, 3.05) is 18.0 Å². The van der Waals surface area contributed by atoms with Gasteiger partial charge in [-0.3, -0.25) is 4.79 Å². The number of nitrogens with two attached hydrogens (primary N) is 1. The molecule has 7 heteroatoms. The average Bonchev–Trinajstić information content (AvgIpc) is 2.53. The zero-order valence-electron chi connectivity index (χ0n) is 12.9. The second-order valence-corrected chi connectivity index (χ2v) is 7.91. The van der Waals surface area contributed by atoms with E-state index in [-0.39, 0.29) is 34.9 Å². The first-order valence-corrected chi connectivity index (χ1v) is 9.32. The van der Waals surface area contributed by atoms with Crippen molar-refractivity contribution in [3.05, 3.63) is 24.3 Å². The van der Waals surface area contributed by atoms with E-state index >= 15 is 0 Å². The Morgan fingerprint density at radius 1 is 1.26 bits per heavy atom. The lowest BCUT2D eigenvalue weighted by Crippen LogP contribution is -2.39. The molecule has 1 aromatic carbocycles. The van der Waals surface area contributed by atoms with Crippen LogP contribution < -0.4 is 11.1 Å². The number of hydrogen-bond acceptors (Lipinski definition) is 5. The number of hydrogen-bond donors (Lipinski definition) is 2. The molecule has 124 valence electrons. The lowest BCUT2D eigenvalue weighted by atomic mass is 9.80. The van der Waals surface area contributed by atoms with Crippen molar-refractivity contribution in [2.24, 2.45) is 11.8 Å². The fraction of sp³-hybridized carbons (Fsp3) is 0.500. The van der Waals surface area contributed by atoms with Crippen LogP contribution >= 0.6 is 0 Å². The number of carbonyl (C=O) groups is 1. The Bertz CT molecular complexity index is 692. The Balaban J connectivity index is 2.13. The molecular formula is C16H21N3O3S. The van der Waals surface area contributed by atoms with Crippen molar-refractivity contribution >= 4 is 21.4 Å². The first-order valence-electron chi connectivity index (χ1n) is 7.67. The number of sulfone groups is 1. The molecule has 0 saturated heterocycles. The predicted molar refractivity (Wildman–Crippen MR) is 87.0 cm³/mol. The van der Waals surface area contributed by atoms with Crippen molar-refractivity contribution in [1.29, 1.82) is 5.26 Å². The molecule has 1 amide bonds. The minimum Gasteiger partial charge on any atom is -0.399 e. The standard InChI is InChI=1S/C16H21N3O3S/c17-9-10-19-16(20)15-4-2-1-3-12(15)11-23(21,22)14-7-5-13(18)6-8-14/h5-8,12,15H,1-4,10-11,18H2,(H,19,20)/t12-,15+/m1/s1. The van der Waals surface area contributed by atoms with Gasteiger partial charge in [-0.25, -0.2) is 8.42 Å². The molecule has 0 unspecified atom stereocenters. The van der Waals surface area contributed by atoms with Crippen LogP contribution in [0.2, 0.25) is 0 Å². The zero-order valence-corrected chi connectivity index (χ0v) is 13.7. The van der Waals surface area contributed by atoms with Gasteiger partial charge in [0.05, 0.1) is 16.7 Å². The van der Waals surface area contributed by atoms with Gasteiger partial charge in [0.1, 0.15) is 6.54 Å². The first kappa shape index (κ1) is 17.3. The van der Waals surface area contributed by atoms with Crippen molar-refractivity contribution in [1.82, 2.24) is 5.32 Å². The van der Waals surface area contributed by atoms with Gasteiger partial charge in [-0.15, -0.1) is 0 Å². The van der Waals surface area contributed by atoms with Crippen LogP contribution in [0.3, 0.4) is 0 Å². The molecule has 1 saturated carbocycles. The van der Waals surface area contributed by atoms with Crippen LogP contribution in [-0.2, 0) is 14.6 Å². The summed E-state index contributed by atoms with van der Waals surface area (Å²) >= 11 is 0. The fourth-order valence-electron chi connectivity index (χ4n) is 3.06. The third-order valence-corrected chi connectivity index (χ3v) is 6.12. The van der Waals surface area contributed by atoms with Crippen LogP contribution in [0, 0.1) is 23.2 Å². The Kier molecular flexibility index (Phi) is 5.61. The monoisotopic (exact) mass is 335 g/mol. The second-order valence-electron chi connectivity index (χ2n) is 5.88. The van der Waals surface area contributed by atoms with E-state index in [9.17, 15) is 13.2 Å². The number of benzene rings is 1. The summed E-state index contributed by atoms with van der Waals surface area (Å²) in [5.41, 5.74) is 6.10. The van der Waals surface area contributed by atoms with Crippen molar-refractivity contribution in [3.8, 4) is 6.07 Å². The van der Waals surface area contributed by atoms with Gasteiger partial charge in [-0.2, -0.15) is 5.26 Å². The summed E-state index contributed by atoms with van der Waals surface area (Å²) in [5.74, 6) is -0.837. The molecule has 0 aromatic heterocycles. The van der Waals surface area contributed by atoms with E-state index in [0.717, 1.165) is 12.8 Å². The number of rotatable bonds is 5. The van der Waals surface area contributed by atoms with E-state index in [0.29, 0.717) is 18.5 Å². The molecule has 23 heavy (non-hydrogen) atoms. The summed E-state index contributed by atoms with van der Waals surface area (Å²) in [6, 6.07) is 7.99. The maximum atomic E-state index is 12.6. The average molecular weight is 335 g/mol. The van der Waals surface area contributed by atoms with Crippen LogP contribution in [0.1, 0.15) is 25.7 Å². The first-order chi connectivity index (χ1) is 10.9. The lowest BCUT2D eigenvalue weighted by molar-refractivity contribution is -0.127. The van der Waals surface area contributed by atoms with Gasteiger partial charge >= 0.3 is 0 Å². The Hall–Kier alpha value is -2.07. The largest absolute Gasteiger partial charge is 0.399 e. The minimum absolute atomic E-state index is 0.0488. The molecule has 2 rings (SSSR count). The number of nitrogens with zero attached hydrogens (tertiary/aromatic N) is 1. The number of amides is 1. The van der Waals surface area contributed by atoms with E-state index in [1.165, 1.54) is 12.1 Å². The Morgan fingerprint density at radius 2 is 1.91 bits per heavy atom. The van der Waals surface area contributed by atoms with Crippen LogP contribution in [0.25, 0.3) is 0 Å². The lowest BCUT2D eigenvalue weighted by Gasteiger charge is -2.30. The highest BCUT2D eigenvalue weighted by molar-refractivity contribution is 7.91. The Labute approximate surface area is 136 Å². The van der Waals surface area contributed by atoms with E-state index in [1.807, 2.05) is 6.07 Å². The normalized spacial score (nSPS) is 21.3. The molecule has 0 spiro atoms. The number of anilines is 1. The quantitative estimate of drug-likeness (QED) is 0.625. The van der Waals surface area contributed by atoms with Gasteiger partial charge in [0.15, 0.2) is 9.84 Å². The molecule has 0 bridgehead atoms. The molecule has 3 N–H and O–H groups in total. The van der Waals surface area contributed by atoms with Crippen LogP contribution in [0.15, 0.2) is 29.2 Å². The van der Waals surface area contributed by atoms with Gasteiger partial charge in [0.25, 0.3) is 0 Å². The molecule has 1 aliphatic carbocycles. The molecule has 0 radical (unpaired) electrons. The van der Waals surface area contributed by atoms with Gasteiger partial charge in [-0.05, 0) is 43.0 Å². The SMILES string of the molecule is N#CCNC(=O)[C@H]1CCCC[C@@H]1CS(=O)(=O)c1ccc(N)cc1. The molecule has 6 nitrogen and oxygen atoms in total. The summed E-state index contributed by atoms with van der Waals surface area (Å²) in [5, 5.41) is 11.1. The summed E-state index contributed by atoms with van der Waals surface area (Å²) in [6.45, 7) is -0.0488. The van der Waals surface area contributed by atoms with Crippen LogP contribution in [0.4, 0.5) is 5.69 Å². The molecular weight excluding hydrogens is 314 g/mol. The summed E-state index contributed by atoms with van der Waals surface area (Å²) in [6.07, 6.45) is 3.20. The molecule has 1 aliphatic rings. The van der Waals surface area contributed by atoms with Crippen LogP contribution in [-0.4, -0.2) is 26.6 Å². The topological polar surface area (TPSA) is 113 Å². The van der Waals surface area contributed by atoms with E-state index in [1.54, 1.807) is 12.1 Å². The van der Waals surface area contributed by atoms with Gasteiger partial charge in [0.2, 0.25) is 5.91 Å². The maximum absolute atomic E-state index is 12.6. The zero-order chi connectivity index (χ0) is 16.9. The maximum Gasteiger partial charge on any atom is 0.224 e. The molecule has 1 aromatic rings. The van der Waals surface area contributed by atoms with E-state index < -0.39 is 9.84 Å². The summed E-state index contributed by atoms with van der Waals surface area (Å²) in [4.78, 5) is 12.4. The number of nitrogen functional groups attached to an aromatic ring is 1. The van der Waals surface area contributed by atoms with Crippen molar-refractivity contribution < 1.29 is 13.2 Å². The number of nitrogens with one attached hydrogen (secondary N) is 1. The van der Waals surface area contributed by atoms with Gasteiger partial charge in [-0.1, -0.05) is 12.8 Å². The molecule has 1 fully saturated rings. The molecule has 2 atom stereocenters. The van der Waals surface area contributed by atoms with Crippen molar-refractivity contribution in [3.63, 3.8) is 0 Å². The van der Waals surface area contributed by atoms with Gasteiger partial charge < -0.3 is 11.1 Å². The highest BCUT2D eigenvalue weighted by atomic mass is 32.2.